The lowest BCUT2D eigenvalue weighted by Gasteiger charge is -2.26. The number of nitrogens with two attached hydrogens (primary N) is 1. The Kier molecular flexibility index (Phi) is 5.10. The molecule has 100 valence electrons. The maximum Gasteiger partial charge on any atom is 0.0462 e. The zero-order valence-electron chi connectivity index (χ0n) is 11.4. The number of nitrogens with one attached hydrogen (secondary N) is 1. The van der Waals surface area contributed by atoms with Crippen LogP contribution < -0.4 is 11.3 Å². The summed E-state index contributed by atoms with van der Waals surface area (Å²) < 4.78 is 0. The topological polar surface area (TPSA) is 38.0 Å². The molecule has 3 heteroatoms. The Morgan fingerprint density at radius 1 is 1.28 bits per heavy atom. The van der Waals surface area contributed by atoms with Crippen molar-refractivity contribution in [1.29, 1.82) is 0 Å². The lowest BCUT2D eigenvalue weighted by Crippen LogP contribution is -2.30. The first-order valence-electron chi connectivity index (χ1n) is 6.81. The molecule has 1 saturated heterocycles. The van der Waals surface area contributed by atoms with Gasteiger partial charge in [-0.3, -0.25) is 11.3 Å². The number of hydrogen-bond acceptors (Lipinski definition) is 3. The lowest BCUT2D eigenvalue weighted by molar-refractivity contribution is 0.374. The number of benzene rings is 1. The van der Waals surface area contributed by atoms with Gasteiger partial charge in [-0.25, -0.2) is 0 Å². The van der Waals surface area contributed by atoms with E-state index in [1.54, 1.807) is 0 Å². The molecular formula is C15H24N2S. The highest BCUT2D eigenvalue weighted by Crippen LogP contribution is 2.31. The SMILES string of the molecule is Cc1ccc(C(CC2CCSCC2)NN)cc1C. The van der Waals surface area contributed by atoms with Gasteiger partial charge in [0.05, 0.1) is 0 Å². The molecule has 1 aliphatic rings. The second kappa shape index (κ2) is 6.60. The largest absolute Gasteiger partial charge is 0.271 e. The molecule has 0 aliphatic carbocycles. The van der Waals surface area contributed by atoms with Crippen molar-refractivity contribution in [2.75, 3.05) is 11.5 Å². The average molecular weight is 264 g/mol. The zero-order chi connectivity index (χ0) is 13.0. The van der Waals surface area contributed by atoms with Crippen LogP contribution >= 0.6 is 11.8 Å². The molecule has 1 atom stereocenters. The summed E-state index contributed by atoms with van der Waals surface area (Å²) in [5.41, 5.74) is 7.04. The van der Waals surface area contributed by atoms with Crippen LogP contribution in [0.1, 0.15) is 42.0 Å². The van der Waals surface area contributed by atoms with E-state index in [2.05, 4.69) is 49.2 Å². The van der Waals surface area contributed by atoms with Gasteiger partial charge >= 0.3 is 0 Å². The highest BCUT2D eigenvalue weighted by Gasteiger charge is 2.19. The van der Waals surface area contributed by atoms with Crippen molar-refractivity contribution in [1.82, 2.24) is 5.43 Å². The summed E-state index contributed by atoms with van der Waals surface area (Å²) in [7, 11) is 0. The number of rotatable bonds is 4. The van der Waals surface area contributed by atoms with E-state index in [1.165, 1.54) is 47.5 Å². The lowest BCUT2D eigenvalue weighted by atomic mass is 9.90. The maximum absolute atomic E-state index is 5.75. The molecule has 2 nitrogen and oxygen atoms in total. The fraction of sp³-hybridized carbons (Fsp3) is 0.600. The maximum atomic E-state index is 5.75. The third-order valence-electron chi connectivity index (χ3n) is 4.04. The molecule has 0 bridgehead atoms. The van der Waals surface area contributed by atoms with E-state index in [1.807, 2.05) is 0 Å². The van der Waals surface area contributed by atoms with Crippen molar-refractivity contribution in [3.8, 4) is 0 Å². The van der Waals surface area contributed by atoms with Gasteiger partial charge in [-0.15, -0.1) is 0 Å². The summed E-state index contributed by atoms with van der Waals surface area (Å²) in [6.45, 7) is 4.33. The molecule has 1 heterocycles. The van der Waals surface area contributed by atoms with Crippen LogP contribution in [0.15, 0.2) is 18.2 Å². The minimum absolute atomic E-state index is 0.303. The van der Waals surface area contributed by atoms with Gasteiger partial charge in [-0.2, -0.15) is 11.8 Å². The van der Waals surface area contributed by atoms with Gasteiger partial charge in [0, 0.05) is 6.04 Å². The molecule has 1 fully saturated rings. The van der Waals surface area contributed by atoms with Crippen molar-refractivity contribution < 1.29 is 0 Å². The minimum atomic E-state index is 0.303. The standard InChI is InChI=1S/C15H24N2S/c1-11-3-4-14(9-12(11)2)15(17-16)10-13-5-7-18-8-6-13/h3-4,9,13,15,17H,5-8,10,16H2,1-2H3. The average Bonchev–Trinajstić information content (AvgIpc) is 2.40. The molecule has 3 N–H and O–H groups in total. The molecule has 1 aromatic rings. The Bertz CT molecular complexity index is 386. The van der Waals surface area contributed by atoms with Crippen molar-refractivity contribution >= 4 is 11.8 Å². The van der Waals surface area contributed by atoms with Gasteiger partial charge in [-0.05, 0) is 67.2 Å². The number of hydrazine groups is 1. The number of aryl methyl sites for hydroxylation is 2. The Hall–Kier alpha value is -0.510. The Morgan fingerprint density at radius 2 is 2.00 bits per heavy atom. The molecule has 18 heavy (non-hydrogen) atoms. The molecule has 0 amide bonds. The van der Waals surface area contributed by atoms with Gasteiger partial charge < -0.3 is 0 Å². The van der Waals surface area contributed by atoms with Crippen LogP contribution in [-0.2, 0) is 0 Å². The Balaban J connectivity index is 2.04. The Morgan fingerprint density at radius 3 is 2.61 bits per heavy atom. The smallest absolute Gasteiger partial charge is 0.0462 e. The first-order chi connectivity index (χ1) is 8.70. The third kappa shape index (κ3) is 3.50. The molecule has 1 aromatic carbocycles. The Labute approximate surface area is 115 Å². The molecule has 0 spiro atoms. The predicted molar refractivity (Wildman–Crippen MR) is 80.6 cm³/mol. The molecule has 1 unspecified atom stereocenters. The van der Waals surface area contributed by atoms with Crippen LogP contribution in [0, 0.1) is 19.8 Å². The van der Waals surface area contributed by atoms with Crippen LogP contribution in [0.25, 0.3) is 0 Å². The fourth-order valence-electron chi connectivity index (χ4n) is 2.60. The second-order valence-electron chi connectivity index (χ2n) is 5.35. The summed E-state index contributed by atoms with van der Waals surface area (Å²) in [5.74, 6) is 9.21. The molecule has 1 aliphatic heterocycles. The molecule has 0 radical (unpaired) electrons. The minimum Gasteiger partial charge on any atom is -0.271 e. The van der Waals surface area contributed by atoms with E-state index >= 15 is 0 Å². The van der Waals surface area contributed by atoms with E-state index in [0.29, 0.717) is 6.04 Å². The van der Waals surface area contributed by atoms with E-state index in [-0.39, 0.29) is 0 Å². The van der Waals surface area contributed by atoms with Gasteiger partial charge in [0.2, 0.25) is 0 Å². The summed E-state index contributed by atoms with van der Waals surface area (Å²) in [6.07, 6.45) is 3.85. The van der Waals surface area contributed by atoms with Crippen molar-refractivity contribution in [3.05, 3.63) is 34.9 Å². The zero-order valence-corrected chi connectivity index (χ0v) is 12.2. The second-order valence-corrected chi connectivity index (χ2v) is 6.58. The van der Waals surface area contributed by atoms with Crippen molar-refractivity contribution in [3.63, 3.8) is 0 Å². The highest BCUT2D eigenvalue weighted by molar-refractivity contribution is 7.99. The van der Waals surface area contributed by atoms with Crippen LogP contribution in [-0.4, -0.2) is 11.5 Å². The van der Waals surface area contributed by atoms with Gasteiger partial charge in [0.1, 0.15) is 0 Å². The molecular weight excluding hydrogens is 240 g/mol. The van der Waals surface area contributed by atoms with Crippen LogP contribution in [0.2, 0.25) is 0 Å². The van der Waals surface area contributed by atoms with E-state index < -0.39 is 0 Å². The van der Waals surface area contributed by atoms with E-state index in [9.17, 15) is 0 Å². The quantitative estimate of drug-likeness (QED) is 0.647. The number of thioether (sulfide) groups is 1. The number of hydrogen-bond donors (Lipinski definition) is 2. The normalized spacial score (nSPS) is 18.8. The summed E-state index contributed by atoms with van der Waals surface area (Å²) in [6, 6.07) is 6.99. The van der Waals surface area contributed by atoms with Crippen molar-refractivity contribution in [2.24, 2.45) is 11.8 Å². The molecule has 2 rings (SSSR count). The van der Waals surface area contributed by atoms with Gasteiger partial charge in [0.25, 0.3) is 0 Å². The fourth-order valence-corrected chi connectivity index (χ4v) is 3.80. The van der Waals surface area contributed by atoms with E-state index in [0.717, 1.165) is 5.92 Å². The molecule has 0 saturated carbocycles. The summed E-state index contributed by atoms with van der Waals surface area (Å²) in [4.78, 5) is 0. The first kappa shape index (κ1) is 13.9. The predicted octanol–water partition coefficient (Wildman–Crippen LogP) is 3.34. The first-order valence-corrected chi connectivity index (χ1v) is 7.97. The van der Waals surface area contributed by atoms with Crippen LogP contribution in [0.4, 0.5) is 0 Å². The summed E-state index contributed by atoms with van der Waals surface area (Å²) >= 11 is 2.08. The monoisotopic (exact) mass is 264 g/mol. The van der Waals surface area contributed by atoms with E-state index in [4.69, 9.17) is 5.84 Å². The van der Waals surface area contributed by atoms with Crippen LogP contribution in [0.3, 0.4) is 0 Å². The van der Waals surface area contributed by atoms with Crippen molar-refractivity contribution in [2.45, 2.75) is 39.2 Å². The highest BCUT2D eigenvalue weighted by atomic mass is 32.2. The van der Waals surface area contributed by atoms with Gasteiger partial charge in [0.15, 0.2) is 0 Å². The summed E-state index contributed by atoms with van der Waals surface area (Å²) in [5, 5.41) is 0. The van der Waals surface area contributed by atoms with Gasteiger partial charge in [-0.1, -0.05) is 18.2 Å². The third-order valence-corrected chi connectivity index (χ3v) is 5.09. The molecule has 0 aromatic heterocycles. The van der Waals surface area contributed by atoms with Crippen LogP contribution in [0.5, 0.6) is 0 Å².